The van der Waals surface area contributed by atoms with Crippen LogP contribution in [0.2, 0.25) is 0 Å². The summed E-state index contributed by atoms with van der Waals surface area (Å²) in [5.74, 6) is 6.23. The second kappa shape index (κ2) is 5.78. The monoisotopic (exact) mass is 328 g/mol. The highest BCUT2D eigenvalue weighted by atomic mass is 35.5. The third-order valence-electron chi connectivity index (χ3n) is 4.08. The number of rotatable bonds is 2. The summed E-state index contributed by atoms with van der Waals surface area (Å²) in [5, 5.41) is 10.1. The minimum Gasteiger partial charge on any atom is -0.260 e. The smallest absolute Gasteiger partial charge is 0.142 e. The molecule has 1 aromatic rings. The van der Waals surface area contributed by atoms with E-state index in [1.54, 1.807) is 0 Å². The van der Waals surface area contributed by atoms with Crippen molar-refractivity contribution in [3.63, 3.8) is 0 Å². The summed E-state index contributed by atoms with van der Waals surface area (Å²) in [6.07, 6.45) is 9.10. The molecule has 1 aromatic heterocycles. The third kappa shape index (κ3) is 2.99. The van der Waals surface area contributed by atoms with E-state index in [1.807, 2.05) is 17.2 Å². The van der Waals surface area contributed by atoms with Gasteiger partial charge in [0, 0.05) is 23.9 Å². The fourth-order valence-electron chi connectivity index (χ4n) is 2.63. The van der Waals surface area contributed by atoms with Gasteiger partial charge in [0.25, 0.3) is 0 Å². The van der Waals surface area contributed by atoms with Crippen LogP contribution in [-0.2, 0) is 0 Å². The molecule has 23 heavy (non-hydrogen) atoms. The molecule has 0 saturated heterocycles. The Hall–Kier alpha value is -2.19. The number of nitrogens with zero attached hydrogens (tertiary/aromatic N) is 4. The molecule has 2 atom stereocenters. The van der Waals surface area contributed by atoms with Gasteiger partial charge in [-0.3, -0.25) is 4.98 Å². The molecule has 0 N–H and O–H groups in total. The molecule has 4 nitrogen and oxygen atoms in total. The molecule has 2 heterocycles. The van der Waals surface area contributed by atoms with Gasteiger partial charge in [-0.25, -0.2) is 9.40 Å². The number of alkyl halides is 1. The van der Waals surface area contributed by atoms with Crippen LogP contribution in [-0.4, -0.2) is 28.0 Å². The van der Waals surface area contributed by atoms with E-state index in [1.165, 1.54) is 25.1 Å². The van der Waals surface area contributed by atoms with Crippen molar-refractivity contribution in [3.8, 4) is 11.8 Å². The van der Waals surface area contributed by atoms with Crippen LogP contribution in [0, 0.1) is 23.6 Å². The molecule has 2 aliphatic carbocycles. The Bertz CT molecular complexity index is 785. The average molecular weight is 329 g/mol. The van der Waals surface area contributed by atoms with Crippen LogP contribution >= 0.6 is 11.6 Å². The van der Waals surface area contributed by atoms with Crippen LogP contribution < -0.4 is 0 Å². The van der Waals surface area contributed by atoms with Gasteiger partial charge in [0.1, 0.15) is 11.9 Å². The molecule has 6 heteroatoms. The van der Waals surface area contributed by atoms with Crippen LogP contribution in [0.5, 0.6) is 0 Å². The number of allylic oxidation sites excluding steroid dienone is 2. The Morgan fingerprint density at radius 3 is 2.91 bits per heavy atom. The summed E-state index contributed by atoms with van der Waals surface area (Å²) in [5.41, 5.74) is 2.32. The van der Waals surface area contributed by atoms with E-state index in [0.717, 1.165) is 29.9 Å². The van der Waals surface area contributed by atoms with Crippen LogP contribution in [0.3, 0.4) is 0 Å². The number of pyridine rings is 1. The highest BCUT2D eigenvalue weighted by Gasteiger charge is 2.37. The standard InChI is InChI=1S/C17H14ClFN4/c18-16-13(4-3-12-7-14(19)9-20-8-12)5-6-15-17(16)21-22-23(15)10-11-1-2-11/h5-9,11,16-17H,1-2,10H2. The minimum atomic E-state index is -0.403. The van der Waals surface area contributed by atoms with E-state index in [0.29, 0.717) is 5.56 Å². The van der Waals surface area contributed by atoms with Crippen LogP contribution in [0.15, 0.2) is 52.2 Å². The van der Waals surface area contributed by atoms with Gasteiger partial charge < -0.3 is 0 Å². The number of fused-ring (bicyclic) bond motifs is 1. The Kier molecular flexibility index (Phi) is 3.62. The lowest BCUT2D eigenvalue weighted by Crippen LogP contribution is -2.29. The highest BCUT2D eigenvalue weighted by molar-refractivity contribution is 6.23. The molecule has 1 saturated carbocycles. The Morgan fingerprint density at radius 2 is 2.13 bits per heavy atom. The molecule has 3 aliphatic rings. The minimum absolute atomic E-state index is 0.185. The van der Waals surface area contributed by atoms with Crippen LogP contribution in [0.1, 0.15) is 18.4 Å². The molecular formula is C17H14ClFN4. The summed E-state index contributed by atoms with van der Waals surface area (Å²) in [6.45, 7) is 0.916. The predicted molar refractivity (Wildman–Crippen MR) is 85.0 cm³/mol. The maximum absolute atomic E-state index is 13.1. The normalized spacial score (nSPS) is 25.4. The van der Waals surface area contributed by atoms with Gasteiger partial charge in [-0.1, -0.05) is 17.1 Å². The van der Waals surface area contributed by atoms with Crippen molar-refractivity contribution < 1.29 is 4.39 Å². The van der Waals surface area contributed by atoms with Gasteiger partial charge in [-0.15, -0.1) is 11.6 Å². The number of hydrogen-bond acceptors (Lipinski definition) is 4. The second-order valence-electron chi connectivity index (χ2n) is 5.93. The first-order valence-corrected chi connectivity index (χ1v) is 8.01. The lowest BCUT2D eigenvalue weighted by molar-refractivity contribution is 0.352. The van der Waals surface area contributed by atoms with Crippen molar-refractivity contribution in [2.24, 2.45) is 16.3 Å². The first-order valence-electron chi connectivity index (χ1n) is 7.57. The van der Waals surface area contributed by atoms with Crippen molar-refractivity contribution in [1.29, 1.82) is 0 Å². The van der Waals surface area contributed by atoms with Crippen molar-refractivity contribution in [3.05, 3.63) is 53.3 Å². The summed E-state index contributed by atoms with van der Waals surface area (Å²) in [7, 11) is 0. The fraction of sp³-hybridized carbons (Fsp3) is 0.353. The molecule has 2 unspecified atom stereocenters. The molecule has 4 rings (SSSR count). The average Bonchev–Trinajstić information content (AvgIpc) is 3.26. The molecule has 0 amide bonds. The maximum Gasteiger partial charge on any atom is 0.142 e. The van der Waals surface area contributed by atoms with E-state index in [2.05, 4.69) is 27.2 Å². The Morgan fingerprint density at radius 1 is 1.26 bits per heavy atom. The topological polar surface area (TPSA) is 40.9 Å². The van der Waals surface area contributed by atoms with Crippen molar-refractivity contribution in [1.82, 2.24) is 9.99 Å². The van der Waals surface area contributed by atoms with Crippen molar-refractivity contribution in [2.75, 3.05) is 6.54 Å². The first kappa shape index (κ1) is 14.4. The molecule has 1 fully saturated rings. The van der Waals surface area contributed by atoms with E-state index in [9.17, 15) is 4.39 Å². The lowest BCUT2D eigenvalue weighted by atomic mass is 9.97. The molecule has 116 valence electrons. The van der Waals surface area contributed by atoms with Gasteiger partial charge in [0.05, 0.1) is 17.3 Å². The van der Waals surface area contributed by atoms with Gasteiger partial charge in [-0.2, -0.15) is 5.11 Å². The highest BCUT2D eigenvalue weighted by Crippen LogP contribution is 2.37. The van der Waals surface area contributed by atoms with E-state index in [4.69, 9.17) is 11.6 Å². The molecule has 0 bridgehead atoms. The lowest BCUT2D eigenvalue weighted by Gasteiger charge is -2.23. The molecule has 0 spiro atoms. The van der Waals surface area contributed by atoms with E-state index < -0.39 is 5.82 Å². The molecule has 0 aromatic carbocycles. The SMILES string of the molecule is Fc1cncc(C#CC2=CC=C3C(N=NN3CC3CC3)C2Cl)c1. The van der Waals surface area contributed by atoms with E-state index in [-0.39, 0.29) is 11.4 Å². The summed E-state index contributed by atoms with van der Waals surface area (Å²) in [4.78, 5) is 3.78. The summed E-state index contributed by atoms with van der Waals surface area (Å²) >= 11 is 6.52. The van der Waals surface area contributed by atoms with Crippen LogP contribution in [0.4, 0.5) is 4.39 Å². The summed E-state index contributed by atoms with van der Waals surface area (Å²) in [6, 6.07) is 1.16. The Labute approximate surface area is 138 Å². The number of halogens is 2. The molecule has 0 radical (unpaired) electrons. The van der Waals surface area contributed by atoms with Gasteiger partial charge in [0.15, 0.2) is 0 Å². The quantitative estimate of drug-likeness (QED) is 0.616. The van der Waals surface area contributed by atoms with Gasteiger partial charge in [0.2, 0.25) is 0 Å². The van der Waals surface area contributed by atoms with Crippen molar-refractivity contribution >= 4 is 11.6 Å². The summed E-state index contributed by atoms with van der Waals surface area (Å²) < 4.78 is 13.1. The zero-order chi connectivity index (χ0) is 15.8. The second-order valence-corrected chi connectivity index (χ2v) is 6.40. The number of aromatic nitrogens is 1. The molecule has 1 aliphatic heterocycles. The zero-order valence-corrected chi connectivity index (χ0v) is 13.0. The third-order valence-corrected chi connectivity index (χ3v) is 4.55. The zero-order valence-electron chi connectivity index (χ0n) is 12.3. The number of hydrogen-bond donors (Lipinski definition) is 0. The first-order chi connectivity index (χ1) is 11.2. The van der Waals surface area contributed by atoms with Crippen molar-refractivity contribution in [2.45, 2.75) is 24.3 Å². The largest absolute Gasteiger partial charge is 0.260 e. The fourth-order valence-corrected chi connectivity index (χ4v) is 2.94. The molecular weight excluding hydrogens is 315 g/mol. The van der Waals surface area contributed by atoms with Crippen LogP contribution in [0.25, 0.3) is 0 Å². The predicted octanol–water partition coefficient (Wildman–Crippen LogP) is 3.46. The van der Waals surface area contributed by atoms with Gasteiger partial charge >= 0.3 is 0 Å². The Balaban J connectivity index is 1.55. The van der Waals surface area contributed by atoms with E-state index >= 15 is 0 Å². The van der Waals surface area contributed by atoms with Gasteiger partial charge in [-0.05, 0) is 37.0 Å². The maximum atomic E-state index is 13.1.